The van der Waals surface area contributed by atoms with Gasteiger partial charge in [-0.05, 0) is 17.9 Å². The van der Waals surface area contributed by atoms with E-state index < -0.39 is 0 Å². The highest BCUT2D eigenvalue weighted by Gasteiger charge is 2.42. The summed E-state index contributed by atoms with van der Waals surface area (Å²) < 4.78 is 0. The zero-order valence-electron chi connectivity index (χ0n) is 7.24. The van der Waals surface area contributed by atoms with Gasteiger partial charge in [0.15, 0.2) is 5.78 Å². The number of rotatable bonds is 3. The molecule has 1 aromatic carbocycles. The van der Waals surface area contributed by atoms with E-state index in [0.717, 1.165) is 6.42 Å². The zero-order valence-corrected chi connectivity index (χ0v) is 8.00. The highest BCUT2D eigenvalue weighted by Crippen LogP contribution is 2.47. The van der Waals surface area contributed by atoms with Gasteiger partial charge >= 0.3 is 0 Å². The molecule has 0 heterocycles. The van der Waals surface area contributed by atoms with Crippen molar-refractivity contribution in [1.82, 2.24) is 0 Å². The Bertz CT molecular complexity index is 307. The Morgan fingerprint density at radius 3 is 2.69 bits per heavy atom. The van der Waals surface area contributed by atoms with Crippen LogP contribution in [0.15, 0.2) is 30.3 Å². The maximum absolute atomic E-state index is 11.2. The number of benzene rings is 1. The zero-order chi connectivity index (χ0) is 9.26. The Morgan fingerprint density at radius 2 is 2.08 bits per heavy atom. The van der Waals surface area contributed by atoms with E-state index in [1.807, 2.05) is 18.2 Å². The Labute approximate surface area is 82.7 Å². The van der Waals surface area contributed by atoms with Crippen LogP contribution in [0.25, 0.3) is 0 Å². The van der Waals surface area contributed by atoms with E-state index in [2.05, 4.69) is 12.1 Å². The van der Waals surface area contributed by atoms with Crippen molar-refractivity contribution >= 4 is 17.4 Å². The number of ketones is 1. The molecule has 2 unspecified atom stereocenters. The van der Waals surface area contributed by atoms with E-state index in [4.69, 9.17) is 11.6 Å². The molecule has 1 aliphatic carbocycles. The van der Waals surface area contributed by atoms with Crippen LogP contribution in [0, 0.1) is 5.92 Å². The summed E-state index contributed by atoms with van der Waals surface area (Å²) in [5.41, 5.74) is 1.27. The van der Waals surface area contributed by atoms with Crippen molar-refractivity contribution < 1.29 is 4.79 Å². The van der Waals surface area contributed by atoms with E-state index in [-0.39, 0.29) is 17.6 Å². The average molecular weight is 195 g/mol. The molecule has 1 aromatic rings. The third-order valence-corrected chi connectivity index (χ3v) is 2.83. The number of alkyl halides is 1. The van der Waals surface area contributed by atoms with Gasteiger partial charge in [-0.25, -0.2) is 0 Å². The fourth-order valence-corrected chi connectivity index (χ4v) is 1.92. The van der Waals surface area contributed by atoms with Gasteiger partial charge in [0.1, 0.15) is 0 Å². The second-order valence-corrected chi connectivity index (χ2v) is 3.73. The number of Topliss-reactive ketones (excluding diaryl/α,β-unsaturated/α-hetero) is 1. The Morgan fingerprint density at radius 1 is 1.38 bits per heavy atom. The first-order valence-electron chi connectivity index (χ1n) is 4.46. The second kappa shape index (κ2) is 3.51. The summed E-state index contributed by atoms with van der Waals surface area (Å²) in [5.74, 6) is 0.983. The molecule has 0 aromatic heterocycles. The minimum atomic E-state index is 0.161. The Hall–Kier alpha value is -0.820. The van der Waals surface area contributed by atoms with Gasteiger partial charge in [-0.2, -0.15) is 0 Å². The molecule has 68 valence electrons. The van der Waals surface area contributed by atoms with Gasteiger partial charge < -0.3 is 0 Å². The van der Waals surface area contributed by atoms with Gasteiger partial charge in [0.05, 0.1) is 5.88 Å². The van der Waals surface area contributed by atoms with Gasteiger partial charge in [-0.3, -0.25) is 4.79 Å². The summed E-state index contributed by atoms with van der Waals surface area (Å²) in [5, 5.41) is 0. The monoisotopic (exact) mass is 194 g/mol. The summed E-state index contributed by atoms with van der Waals surface area (Å²) in [6.45, 7) is 0. The summed E-state index contributed by atoms with van der Waals surface area (Å²) in [6, 6.07) is 10.2. The van der Waals surface area contributed by atoms with Crippen molar-refractivity contribution in [2.75, 3.05) is 5.88 Å². The van der Waals surface area contributed by atoms with Crippen LogP contribution in [0.1, 0.15) is 17.9 Å². The van der Waals surface area contributed by atoms with E-state index in [1.165, 1.54) is 5.56 Å². The van der Waals surface area contributed by atoms with Crippen LogP contribution >= 0.6 is 11.6 Å². The number of halogens is 1. The molecular formula is C11H11ClO. The standard InChI is InChI=1S/C11H11ClO/c12-7-11(13)10-6-9(10)8-4-2-1-3-5-8/h1-5,9-10H,6-7H2. The van der Waals surface area contributed by atoms with Crippen molar-refractivity contribution in [2.45, 2.75) is 12.3 Å². The molecule has 1 fully saturated rings. The summed E-state index contributed by atoms with van der Waals surface area (Å²) in [6.07, 6.45) is 0.982. The van der Waals surface area contributed by atoms with Crippen LogP contribution in [0.2, 0.25) is 0 Å². The highest BCUT2D eigenvalue weighted by atomic mass is 35.5. The van der Waals surface area contributed by atoms with E-state index in [0.29, 0.717) is 5.92 Å². The van der Waals surface area contributed by atoms with Crippen LogP contribution in [0.4, 0.5) is 0 Å². The van der Waals surface area contributed by atoms with Crippen LogP contribution in [-0.2, 0) is 4.79 Å². The lowest BCUT2D eigenvalue weighted by atomic mass is 10.1. The van der Waals surface area contributed by atoms with E-state index in [1.54, 1.807) is 0 Å². The first kappa shape index (κ1) is 8.76. The van der Waals surface area contributed by atoms with Crippen molar-refractivity contribution in [3.63, 3.8) is 0 Å². The molecule has 2 rings (SSSR count). The second-order valence-electron chi connectivity index (χ2n) is 3.46. The molecule has 0 aliphatic heterocycles. The molecule has 2 atom stereocenters. The lowest BCUT2D eigenvalue weighted by molar-refractivity contribution is -0.117. The van der Waals surface area contributed by atoms with Crippen molar-refractivity contribution in [3.8, 4) is 0 Å². The molecular weight excluding hydrogens is 184 g/mol. The van der Waals surface area contributed by atoms with Crippen molar-refractivity contribution in [1.29, 1.82) is 0 Å². The first-order valence-corrected chi connectivity index (χ1v) is 5.00. The van der Waals surface area contributed by atoms with Crippen LogP contribution in [0.3, 0.4) is 0 Å². The molecule has 0 radical (unpaired) electrons. The molecule has 1 aliphatic rings. The molecule has 0 saturated heterocycles. The van der Waals surface area contributed by atoms with Crippen LogP contribution in [-0.4, -0.2) is 11.7 Å². The molecule has 2 heteroatoms. The lowest BCUT2D eigenvalue weighted by Gasteiger charge is -1.97. The number of carbonyl (C=O) groups is 1. The largest absolute Gasteiger partial charge is 0.298 e. The lowest BCUT2D eigenvalue weighted by Crippen LogP contribution is -2.02. The molecule has 13 heavy (non-hydrogen) atoms. The van der Waals surface area contributed by atoms with Gasteiger partial charge in [0, 0.05) is 5.92 Å². The molecule has 0 amide bonds. The summed E-state index contributed by atoms with van der Waals surface area (Å²) in [7, 11) is 0. The molecule has 0 spiro atoms. The molecule has 1 saturated carbocycles. The quantitative estimate of drug-likeness (QED) is 0.676. The SMILES string of the molecule is O=C(CCl)C1CC1c1ccccc1. The summed E-state index contributed by atoms with van der Waals surface area (Å²) in [4.78, 5) is 11.2. The van der Waals surface area contributed by atoms with Gasteiger partial charge in [-0.1, -0.05) is 30.3 Å². The minimum Gasteiger partial charge on any atom is -0.298 e. The smallest absolute Gasteiger partial charge is 0.151 e. The maximum Gasteiger partial charge on any atom is 0.151 e. The summed E-state index contributed by atoms with van der Waals surface area (Å²) >= 11 is 5.49. The molecule has 1 nitrogen and oxygen atoms in total. The Kier molecular flexibility index (Phi) is 2.36. The van der Waals surface area contributed by atoms with Gasteiger partial charge in [-0.15, -0.1) is 11.6 Å². The van der Waals surface area contributed by atoms with Gasteiger partial charge in [0.2, 0.25) is 0 Å². The molecule has 0 bridgehead atoms. The molecule has 0 N–H and O–H groups in total. The predicted octanol–water partition coefficient (Wildman–Crippen LogP) is 2.60. The topological polar surface area (TPSA) is 17.1 Å². The fourth-order valence-electron chi connectivity index (χ4n) is 1.72. The third-order valence-electron chi connectivity index (χ3n) is 2.56. The van der Waals surface area contributed by atoms with Crippen LogP contribution < -0.4 is 0 Å². The van der Waals surface area contributed by atoms with E-state index in [9.17, 15) is 4.79 Å². The van der Waals surface area contributed by atoms with E-state index >= 15 is 0 Å². The van der Waals surface area contributed by atoms with Crippen molar-refractivity contribution in [3.05, 3.63) is 35.9 Å². The number of hydrogen-bond donors (Lipinski definition) is 0. The maximum atomic E-state index is 11.2. The fraction of sp³-hybridized carbons (Fsp3) is 0.364. The highest BCUT2D eigenvalue weighted by molar-refractivity contribution is 6.28. The van der Waals surface area contributed by atoms with Crippen molar-refractivity contribution in [2.24, 2.45) is 5.92 Å². The minimum absolute atomic E-state index is 0.161. The van der Waals surface area contributed by atoms with Gasteiger partial charge in [0.25, 0.3) is 0 Å². The normalized spacial score (nSPS) is 25.6. The number of carbonyl (C=O) groups excluding carboxylic acids is 1. The average Bonchev–Trinajstić information content (AvgIpc) is 2.98. The van der Waals surface area contributed by atoms with Crippen LogP contribution in [0.5, 0.6) is 0 Å². The third kappa shape index (κ3) is 1.75. The first-order chi connectivity index (χ1) is 6.33. The Balaban J connectivity index is 2.04. The predicted molar refractivity (Wildman–Crippen MR) is 53.0 cm³/mol. The number of hydrogen-bond acceptors (Lipinski definition) is 1.